The number of aliphatic hydroxyl groups is 1. The molecule has 1 aliphatic heterocycles. The summed E-state index contributed by atoms with van der Waals surface area (Å²) in [5.41, 5.74) is 0. The van der Waals surface area contributed by atoms with Crippen molar-refractivity contribution in [3.05, 3.63) is 5.01 Å². The maximum absolute atomic E-state index is 9.30. The van der Waals surface area contributed by atoms with Gasteiger partial charge in [-0.05, 0) is 19.4 Å². The average molecular weight is 242 g/mol. The Morgan fingerprint density at radius 1 is 1.50 bits per heavy atom. The molecule has 1 aliphatic rings. The fourth-order valence-electron chi connectivity index (χ4n) is 2.07. The first-order valence-corrected chi connectivity index (χ1v) is 6.50. The largest absolute Gasteiger partial charge is 0.395 e. The normalized spacial score (nSPS) is 22.2. The maximum Gasteiger partial charge on any atom is 0.205 e. The van der Waals surface area contributed by atoms with Crippen molar-refractivity contribution in [3.8, 4) is 0 Å². The molecule has 1 fully saturated rings. The van der Waals surface area contributed by atoms with Crippen molar-refractivity contribution in [3.63, 3.8) is 0 Å². The summed E-state index contributed by atoms with van der Waals surface area (Å²) >= 11 is 1.58. The third-order valence-corrected chi connectivity index (χ3v) is 3.90. The van der Waals surface area contributed by atoms with Gasteiger partial charge >= 0.3 is 0 Å². The van der Waals surface area contributed by atoms with Gasteiger partial charge in [0.1, 0.15) is 5.01 Å². The van der Waals surface area contributed by atoms with Crippen LogP contribution in [0.2, 0.25) is 0 Å². The summed E-state index contributed by atoms with van der Waals surface area (Å²) in [6.45, 7) is 2.11. The Kier molecular flexibility index (Phi) is 4.09. The first-order valence-electron chi connectivity index (χ1n) is 5.68. The molecule has 16 heavy (non-hydrogen) atoms. The van der Waals surface area contributed by atoms with Gasteiger partial charge in [0.25, 0.3) is 0 Å². The second-order valence-electron chi connectivity index (χ2n) is 4.05. The van der Waals surface area contributed by atoms with Gasteiger partial charge in [0.15, 0.2) is 0 Å². The van der Waals surface area contributed by atoms with E-state index in [0.717, 1.165) is 29.6 Å². The van der Waals surface area contributed by atoms with E-state index in [1.54, 1.807) is 11.3 Å². The number of piperidine rings is 1. The number of nitrogens with one attached hydrogen (secondary N) is 1. The smallest absolute Gasteiger partial charge is 0.205 e. The zero-order valence-electron chi connectivity index (χ0n) is 9.52. The van der Waals surface area contributed by atoms with Crippen molar-refractivity contribution in [2.24, 2.45) is 0 Å². The number of hydrogen-bond acceptors (Lipinski definition) is 6. The Labute approximate surface area is 99.5 Å². The molecule has 1 unspecified atom stereocenters. The lowest BCUT2D eigenvalue weighted by atomic mass is 10.0. The van der Waals surface area contributed by atoms with Crippen LogP contribution in [0.25, 0.3) is 0 Å². The fraction of sp³-hybridized carbons (Fsp3) is 0.800. The van der Waals surface area contributed by atoms with Crippen LogP contribution in [0.3, 0.4) is 0 Å². The molecule has 1 aromatic rings. The summed E-state index contributed by atoms with van der Waals surface area (Å²) in [4.78, 5) is 2.31. The first kappa shape index (κ1) is 11.8. The van der Waals surface area contributed by atoms with Gasteiger partial charge < -0.3 is 10.4 Å². The number of aromatic nitrogens is 2. The Morgan fingerprint density at radius 2 is 2.38 bits per heavy atom. The molecule has 90 valence electrons. The number of nitrogens with zero attached hydrogens (tertiary/aromatic N) is 3. The number of aliphatic hydroxyl groups excluding tert-OH is 1. The third kappa shape index (κ3) is 2.69. The van der Waals surface area contributed by atoms with Crippen LogP contribution in [-0.2, 0) is 6.54 Å². The highest BCUT2D eigenvalue weighted by molar-refractivity contribution is 7.15. The van der Waals surface area contributed by atoms with Crippen molar-refractivity contribution in [2.75, 3.05) is 25.5 Å². The molecular weight excluding hydrogens is 224 g/mol. The second kappa shape index (κ2) is 5.56. The van der Waals surface area contributed by atoms with E-state index in [-0.39, 0.29) is 6.61 Å². The lowest BCUT2D eigenvalue weighted by Gasteiger charge is -2.33. The predicted octanol–water partition coefficient (Wildman–Crippen LogP) is 0.927. The lowest BCUT2D eigenvalue weighted by molar-refractivity contribution is 0.0839. The molecule has 1 atom stereocenters. The third-order valence-electron chi connectivity index (χ3n) is 2.98. The van der Waals surface area contributed by atoms with Gasteiger partial charge in [-0.25, -0.2) is 0 Å². The van der Waals surface area contributed by atoms with E-state index in [0.29, 0.717) is 6.04 Å². The Hall–Kier alpha value is -0.720. The minimum absolute atomic E-state index is 0.248. The molecule has 0 bridgehead atoms. The van der Waals surface area contributed by atoms with Crippen LogP contribution in [-0.4, -0.2) is 46.4 Å². The molecule has 1 saturated heterocycles. The molecule has 2 heterocycles. The quantitative estimate of drug-likeness (QED) is 0.822. The van der Waals surface area contributed by atoms with Crippen LogP contribution in [0.15, 0.2) is 0 Å². The van der Waals surface area contributed by atoms with Gasteiger partial charge in [0, 0.05) is 13.1 Å². The van der Waals surface area contributed by atoms with Crippen LogP contribution in [0, 0.1) is 0 Å². The van der Waals surface area contributed by atoms with E-state index < -0.39 is 0 Å². The highest BCUT2D eigenvalue weighted by Crippen LogP contribution is 2.22. The van der Waals surface area contributed by atoms with Crippen molar-refractivity contribution in [1.29, 1.82) is 0 Å². The molecule has 0 aliphatic carbocycles. The SMILES string of the molecule is CNc1nnc(CN2CCCCC2CO)s1. The van der Waals surface area contributed by atoms with Crippen molar-refractivity contribution in [2.45, 2.75) is 31.8 Å². The first-order chi connectivity index (χ1) is 7.83. The molecule has 6 heteroatoms. The Balaban J connectivity index is 1.96. The molecule has 5 nitrogen and oxygen atoms in total. The lowest BCUT2D eigenvalue weighted by Crippen LogP contribution is -2.41. The zero-order valence-corrected chi connectivity index (χ0v) is 10.3. The van der Waals surface area contributed by atoms with Crippen molar-refractivity contribution in [1.82, 2.24) is 15.1 Å². The van der Waals surface area contributed by atoms with E-state index in [4.69, 9.17) is 0 Å². The number of rotatable bonds is 4. The fourth-order valence-corrected chi connectivity index (χ4v) is 2.79. The van der Waals surface area contributed by atoms with Gasteiger partial charge in [-0.15, -0.1) is 10.2 Å². The van der Waals surface area contributed by atoms with E-state index in [9.17, 15) is 5.11 Å². The number of hydrogen-bond donors (Lipinski definition) is 2. The topological polar surface area (TPSA) is 61.3 Å². The van der Waals surface area contributed by atoms with Crippen LogP contribution in [0.1, 0.15) is 24.3 Å². The van der Waals surface area contributed by atoms with Crippen molar-refractivity contribution >= 4 is 16.5 Å². The summed E-state index contributed by atoms with van der Waals surface area (Å²) in [6, 6.07) is 0.302. The molecule has 0 radical (unpaired) electrons. The molecule has 2 N–H and O–H groups in total. The van der Waals surface area contributed by atoms with E-state index in [1.165, 1.54) is 12.8 Å². The van der Waals surface area contributed by atoms with Crippen LogP contribution < -0.4 is 5.32 Å². The average Bonchev–Trinajstić information content (AvgIpc) is 2.77. The molecular formula is C10H18N4OS. The Morgan fingerprint density at radius 3 is 3.06 bits per heavy atom. The van der Waals surface area contributed by atoms with E-state index >= 15 is 0 Å². The minimum Gasteiger partial charge on any atom is -0.395 e. The molecule has 2 rings (SSSR count). The molecule has 0 amide bonds. The van der Waals surface area contributed by atoms with Gasteiger partial charge in [-0.1, -0.05) is 17.8 Å². The summed E-state index contributed by atoms with van der Waals surface area (Å²) < 4.78 is 0. The Bertz CT molecular complexity index is 330. The standard InChI is InChI=1S/C10H18N4OS/c1-11-10-13-12-9(16-10)6-14-5-3-2-4-8(14)7-15/h8,15H,2-7H2,1H3,(H,11,13). The van der Waals surface area contributed by atoms with Crippen molar-refractivity contribution < 1.29 is 5.11 Å². The van der Waals surface area contributed by atoms with Gasteiger partial charge in [-0.2, -0.15) is 0 Å². The summed E-state index contributed by atoms with van der Waals surface area (Å²) in [6.07, 6.45) is 3.53. The maximum atomic E-state index is 9.30. The van der Waals surface area contributed by atoms with Gasteiger partial charge in [0.2, 0.25) is 5.13 Å². The molecule has 0 saturated carbocycles. The highest BCUT2D eigenvalue weighted by atomic mass is 32.1. The molecule has 1 aromatic heterocycles. The van der Waals surface area contributed by atoms with Crippen LogP contribution >= 0.6 is 11.3 Å². The molecule has 0 spiro atoms. The summed E-state index contributed by atoms with van der Waals surface area (Å²) in [5.74, 6) is 0. The van der Waals surface area contributed by atoms with Gasteiger partial charge in [-0.3, -0.25) is 4.90 Å². The highest BCUT2D eigenvalue weighted by Gasteiger charge is 2.22. The second-order valence-corrected chi connectivity index (χ2v) is 5.12. The summed E-state index contributed by atoms with van der Waals surface area (Å²) in [7, 11) is 1.85. The molecule has 0 aromatic carbocycles. The minimum atomic E-state index is 0.248. The van der Waals surface area contributed by atoms with Gasteiger partial charge in [0.05, 0.1) is 13.2 Å². The summed E-state index contributed by atoms with van der Waals surface area (Å²) in [5, 5.41) is 22.3. The zero-order chi connectivity index (χ0) is 11.4. The number of likely N-dealkylation sites (tertiary alicyclic amines) is 1. The van der Waals surface area contributed by atoms with Crippen LogP contribution in [0.5, 0.6) is 0 Å². The van der Waals surface area contributed by atoms with Crippen LogP contribution in [0.4, 0.5) is 5.13 Å². The predicted molar refractivity (Wildman–Crippen MR) is 64.6 cm³/mol. The monoisotopic (exact) mass is 242 g/mol. The number of anilines is 1. The van der Waals surface area contributed by atoms with E-state index in [2.05, 4.69) is 20.4 Å². The van der Waals surface area contributed by atoms with E-state index in [1.807, 2.05) is 7.05 Å².